The molecule has 0 aromatic heterocycles. The summed E-state index contributed by atoms with van der Waals surface area (Å²) in [5, 5.41) is 0. The molecule has 2 saturated carbocycles. The third-order valence-corrected chi connectivity index (χ3v) is 3.66. The van der Waals surface area contributed by atoms with Gasteiger partial charge in [-0.3, -0.25) is 0 Å². The van der Waals surface area contributed by atoms with Crippen LogP contribution in [0, 0.1) is 17.8 Å². The van der Waals surface area contributed by atoms with Gasteiger partial charge in [-0.05, 0) is 43.4 Å². The minimum atomic E-state index is -4.21. The maximum atomic E-state index is 12.1. The predicted octanol–water partition coefficient (Wildman–Crippen LogP) is 1.72. The topological polar surface area (TPSA) is 34.1 Å². The van der Waals surface area contributed by atoms with Crippen molar-refractivity contribution in [1.29, 1.82) is 0 Å². The van der Waals surface area contributed by atoms with Crippen LogP contribution >= 0.6 is 0 Å². The van der Waals surface area contributed by atoms with E-state index in [4.69, 9.17) is 0 Å². The van der Waals surface area contributed by atoms with Gasteiger partial charge < -0.3 is 0 Å². The van der Waals surface area contributed by atoms with Crippen LogP contribution in [0.1, 0.15) is 25.7 Å². The maximum absolute atomic E-state index is 12.1. The second-order valence-electron chi connectivity index (χ2n) is 4.03. The maximum Gasteiger partial charge on any atom is 0.302 e. The lowest BCUT2D eigenvalue weighted by Crippen LogP contribution is -2.00. The van der Waals surface area contributed by atoms with Crippen LogP contribution in [0.2, 0.25) is 0 Å². The normalized spacial score (nSPS) is 35.1. The summed E-state index contributed by atoms with van der Waals surface area (Å²) < 4.78 is 32.5. The first kappa shape index (κ1) is 8.48. The molecule has 0 aromatic rings. The van der Waals surface area contributed by atoms with E-state index in [1.54, 1.807) is 0 Å². The minimum Gasteiger partial charge on any atom is -0.195 e. The van der Waals surface area contributed by atoms with Crippen LogP contribution in [-0.4, -0.2) is 14.2 Å². The molecule has 0 N–H and O–H groups in total. The van der Waals surface area contributed by atoms with Crippen LogP contribution in [0.4, 0.5) is 3.89 Å². The summed E-state index contributed by atoms with van der Waals surface area (Å²) in [7, 11) is -4.21. The first-order valence-electron chi connectivity index (χ1n) is 4.48. The standard InChI is InChI=1S/C8H13FO2S/c9-12(10,11)4-3-7-5-8(7)6-1-2-6/h6-8H,1-5H2/t7-,8+/m1/s1. The van der Waals surface area contributed by atoms with E-state index in [1.165, 1.54) is 12.8 Å². The van der Waals surface area contributed by atoms with Crippen LogP contribution in [0.5, 0.6) is 0 Å². The van der Waals surface area contributed by atoms with Gasteiger partial charge in [0.25, 0.3) is 0 Å². The van der Waals surface area contributed by atoms with Crippen molar-refractivity contribution in [1.82, 2.24) is 0 Å². The van der Waals surface area contributed by atoms with E-state index in [0.29, 0.717) is 12.3 Å². The highest BCUT2D eigenvalue weighted by atomic mass is 32.3. The Labute approximate surface area is 72.4 Å². The molecular weight excluding hydrogens is 179 g/mol. The Morgan fingerprint density at radius 1 is 1.33 bits per heavy atom. The Bertz CT molecular complexity index is 269. The monoisotopic (exact) mass is 192 g/mol. The Balaban J connectivity index is 1.69. The summed E-state index contributed by atoms with van der Waals surface area (Å²) in [5.41, 5.74) is 0. The molecule has 2 aliphatic rings. The molecule has 2 fully saturated rings. The molecule has 2 atom stereocenters. The molecule has 0 radical (unpaired) electrons. The van der Waals surface area contributed by atoms with Crippen molar-refractivity contribution in [3.05, 3.63) is 0 Å². The molecule has 4 heteroatoms. The Hall–Kier alpha value is -0.120. The number of hydrogen-bond donors (Lipinski definition) is 0. The van der Waals surface area contributed by atoms with Crippen LogP contribution in [-0.2, 0) is 10.2 Å². The second-order valence-corrected chi connectivity index (χ2v) is 5.51. The molecule has 0 spiro atoms. The first-order valence-corrected chi connectivity index (χ1v) is 6.04. The fourth-order valence-corrected chi connectivity index (χ4v) is 2.58. The summed E-state index contributed by atoms with van der Waals surface area (Å²) >= 11 is 0. The summed E-state index contributed by atoms with van der Waals surface area (Å²) in [6.07, 6.45) is 4.30. The number of hydrogen-bond acceptors (Lipinski definition) is 2. The fourth-order valence-electron chi connectivity index (χ4n) is 2.00. The Morgan fingerprint density at radius 3 is 2.50 bits per heavy atom. The molecule has 0 aromatic carbocycles. The molecule has 0 saturated heterocycles. The van der Waals surface area contributed by atoms with Gasteiger partial charge >= 0.3 is 10.2 Å². The van der Waals surface area contributed by atoms with Crippen LogP contribution < -0.4 is 0 Å². The van der Waals surface area contributed by atoms with Crippen molar-refractivity contribution in [3.8, 4) is 0 Å². The highest BCUT2D eigenvalue weighted by Crippen LogP contribution is 2.55. The fraction of sp³-hybridized carbons (Fsp3) is 1.00. The minimum absolute atomic E-state index is 0.263. The third kappa shape index (κ3) is 2.19. The van der Waals surface area contributed by atoms with Gasteiger partial charge in [-0.1, -0.05) is 0 Å². The quantitative estimate of drug-likeness (QED) is 0.635. The van der Waals surface area contributed by atoms with Gasteiger partial charge in [0.1, 0.15) is 0 Å². The van der Waals surface area contributed by atoms with Crippen molar-refractivity contribution in [3.63, 3.8) is 0 Å². The summed E-state index contributed by atoms with van der Waals surface area (Å²) in [4.78, 5) is 0. The molecule has 0 unspecified atom stereocenters. The van der Waals surface area contributed by atoms with Gasteiger partial charge in [-0.15, -0.1) is 3.89 Å². The third-order valence-electron chi connectivity index (χ3n) is 2.94. The Kier molecular flexibility index (Phi) is 1.90. The van der Waals surface area contributed by atoms with Crippen LogP contribution in [0.3, 0.4) is 0 Å². The zero-order chi connectivity index (χ0) is 8.77. The van der Waals surface area contributed by atoms with E-state index in [9.17, 15) is 12.3 Å². The summed E-state index contributed by atoms with van der Waals surface area (Å²) in [6, 6.07) is 0. The lowest BCUT2D eigenvalue weighted by molar-refractivity contribution is 0.540. The average Bonchev–Trinajstić information content (AvgIpc) is 2.78. The highest BCUT2D eigenvalue weighted by Gasteiger charge is 2.47. The van der Waals surface area contributed by atoms with Gasteiger partial charge in [0.2, 0.25) is 0 Å². The number of halogens is 1. The zero-order valence-corrected chi connectivity index (χ0v) is 7.69. The van der Waals surface area contributed by atoms with Gasteiger partial charge in [-0.25, -0.2) is 0 Å². The smallest absolute Gasteiger partial charge is 0.195 e. The summed E-state index contributed by atoms with van der Waals surface area (Å²) in [5.74, 6) is 1.85. The van der Waals surface area contributed by atoms with Crippen LogP contribution in [0.25, 0.3) is 0 Å². The van der Waals surface area contributed by atoms with E-state index in [1.807, 2.05) is 0 Å². The Morgan fingerprint density at radius 2 is 2.00 bits per heavy atom. The lowest BCUT2D eigenvalue weighted by atomic mass is 10.2. The zero-order valence-electron chi connectivity index (χ0n) is 6.87. The van der Waals surface area contributed by atoms with Crippen molar-refractivity contribution in [2.45, 2.75) is 25.7 Å². The molecule has 2 aliphatic carbocycles. The lowest BCUT2D eigenvalue weighted by Gasteiger charge is -1.94. The summed E-state index contributed by atoms with van der Waals surface area (Å²) in [6.45, 7) is 0. The van der Waals surface area contributed by atoms with Crippen molar-refractivity contribution >= 4 is 10.2 Å². The molecule has 2 nitrogen and oxygen atoms in total. The predicted molar refractivity (Wildman–Crippen MR) is 43.8 cm³/mol. The van der Waals surface area contributed by atoms with Crippen molar-refractivity contribution in [2.75, 3.05) is 5.75 Å². The largest absolute Gasteiger partial charge is 0.302 e. The second kappa shape index (κ2) is 2.69. The van der Waals surface area contributed by atoms with E-state index in [-0.39, 0.29) is 5.75 Å². The molecular formula is C8H13FO2S. The molecule has 2 rings (SSSR count). The van der Waals surface area contributed by atoms with E-state index >= 15 is 0 Å². The van der Waals surface area contributed by atoms with Crippen molar-refractivity contribution < 1.29 is 12.3 Å². The molecule has 0 aliphatic heterocycles. The SMILES string of the molecule is O=S(=O)(F)CC[C@@H]1C[C@H]1C1CC1. The van der Waals surface area contributed by atoms with Crippen LogP contribution in [0.15, 0.2) is 0 Å². The van der Waals surface area contributed by atoms with Gasteiger partial charge in [0.15, 0.2) is 0 Å². The van der Waals surface area contributed by atoms with E-state index < -0.39 is 10.2 Å². The van der Waals surface area contributed by atoms with Gasteiger partial charge in [0, 0.05) is 0 Å². The highest BCUT2D eigenvalue weighted by molar-refractivity contribution is 7.86. The molecule has 0 amide bonds. The van der Waals surface area contributed by atoms with Gasteiger partial charge in [-0.2, -0.15) is 8.42 Å². The van der Waals surface area contributed by atoms with Crippen molar-refractivity contribution in [2.24, 2.45) is 17.8 Å². The van der Waals surface area contributed by atoms with E-state index in [2.05, 4.69) is 0 Å². The molecule has 70 valence electrons. The number of rotatable bonds is 4. The molecule has 12 heavy (non-hydrogen) atoms. The van der Waals surface area contributed by atoms with E-state index in [0.717, 1.165) is 18.3 Å². The first-order chi connectivity index (χ1) is 5.56. The average molecular weight is 192 g/mol. The molecule has 0 heterocycles. The van der Waals surface area contributed by atoms with Gasteiger partial charge in [0.05, 0.1) is 5.75 Å². The molecule has 0 bridgehead atoms.